The summed E-state index contributed by atoms with van der Waals surface area (Å²) < 4.78 is 6.01. The Hall–Kier alpha value is -3.63. The zero-order valence-corrected chi connectivity index (χ0v) is 19.9. The minimum atomic E-state index is -0.174. The third-order valence-corrected chi connectivity index (χ3v) is 6.03. The summed E-state index contributed by atoms with van der Waals surface area (Å²) in [6.45, 7) is 4.87. The Morgan fingerprint density at radius 2 is 1.62 bits per heavy atom. The molecule has 0 unspecified atom stereocenters. The van der Waals surface area contributed by atoms with E-state index in [2.05, 4.69) is 54.0 Å². The number of ether oxygens (including phenoxy) is 1. The van der Waals surface area contributed by atoms with Gasteiger partial charge in [-0.1, -0.05) is 78.4 Å². The predicted molar refractivity (Wildman–Crippen MR) is 140 cm³/mol. The highest BCUT2D eigenvalue weighted by Crippen LogP contribution is 2.28. The third kappa shape index (κ3) is 6.46. The van der Waals surface area contributed by atoms with Crippen molar-refractivity contribution < 1.29 is 9.53 Å². The second kappa shape index (κ2) is 11.5. The standard InChI is InChI=1S/C30H32N2O2/c1-22-12-17-26(18-13-22)32-30(33)21-34-29-19-16-25-10-6-7-11-27(25)28(29)20-31-23(2)14-15-24-8-4-3-5-9-24/h3-13,16-19,23,31H,14-15,20-21H2,1-2H3,(H,32,33)/t23-/m0/s1. The Kier molecular flexibility index (Phi) is 7.95. The lowest BCUT2D eigenvalue weighted by Crippen LogP contribution is -2.27. The quantitative estimate of drug-likeness (QED) is 0.298. The average Bonchev–Trinajstić information content (AvgIpc) is 2.87. The number of hydrogen-bond acceptors (Lipinski definition) is 3. The van der Waals surface area contributed by atoms with E-state index in [1.54, 1.807) is 0 Å². The normalized spacial score (nSPS) is 11.8. The summed E-state index contributed by atoms with van der Waals surface area (Å²) in [5, 5.41) is 8.85. The number of carbonyl (C=O) groups is 1. The zero-order chi connectivity index (χ0) is 23.8. The van der Waals surface area contributed by atoms with Crippen molar-refractivity contribution in [2.24, 2.45) is 0 Å². The lowest BCUT2D eigenvalue weighted by molar-refractivity contribution is -0.118. The van der Waals surface area contributed by atoms with E-state index in [-0.39, 0.29) is 12.5 Å². The molecule has 0 radical (unpaired) electrons. The van der Waals surface area contributed by atoms with E-state index in [1.807, 2.05) is 61.5 Å². The second-order valence-electron chi connectivity index (χ2n) is 8.77. The van der Waals surface area contributed by atoms with Gasteiger partial charge in [-0.05, 0) is 61.2 Å². The first-order chi connectivity index (χ1) is 16.6. The van der Waals surface area contributed by atoms with Crippen LogP contribution in [0.25, 0.3) is 10.8 Å². The Morgan fingerprint density at radius 1 is 0.882 bits per heavy atom. The van der Waals surface area contributed by atoms with E-state index < -0.39 is 0 Å². The van der Waals surface area contributed by atoms with Crippen molar-refractivity contribution >= 4 is 22.4 Å². The monoisotopic (exact) mass is 452 g/mol. The first-order valence-corrected chi connectivity index (χ1v) is 11.9. The van der Waals surface area contributed by atoms with Gasteiger partial charge in [-0.2, -0.15) is 0 Å². The molecule has 0 bridgehead atoms. The smallest absolute Gasteiger partial charge is 0.262 e. The van der Waals surface area contributed by atoms with Crippen LogP contribution >= 0.6 is 0 Å². The van der Waals surface area contributed by atoms with Crippen LogP contribution in [0.15, 0.2) is 91.0 Å². The Labute approximate surface area is 202 Å². The number of aryl methyl sites for hydroxylation is 2. The molecule has 1 amide bonds. The van der Waals surface area contributed by atoms with E-state index in [0.717, 1.165) is 46.2 Å². The van der Waals surface area contributed by atoms with Crippen LogP contribution in [-0.2, 0) is 17.8 Å². The molecule has 4 rings (SSSR count). The van der Waals surface area contributed by atoms with Crippen LogP contribution in [0.4, 0.5) is 5.69 Å². The second-order valence-corrected chi connectivity index (χ2v) is 8.77. The predicted octanol–water partition coefficient (Wildman–Crippen LogP) is 6.28. The molecule has 4 nitrogen and oxygen atoms in total. The Bertz CT molecular complexity index is 1220. The summed E-state index contributed by atoms with van der Waals surface area (Å²) in [6.07, 6.45) is 2.08. The number of hydrogen-bond donors (Lipinski definition) is 2. The Morgan fingerprint density at radius 3 is 2.41 bits per heavy atom. The van der Waals surface area contributed by atoms with Crippen LogP contribution in [0.3, 0.4) is 0 Å². The molecule has 0 fully saturated rings. The summed E-state index contributed by atoms with van der Waals surface area (Å²) in [5.74, 6) is 0.563. The van der Waals surface area contributed by atoms with Gasteiger partial charge in [0, 0.05) is 23.8 Å². The van der Waals surface area contributed by atoms with Crippen molar-refractivity contribution in [3.8, 4) is 5.75 Å². The SMILES string of the molecule is Cc1ccc(NC(=O)COc2ccc3ccccc3c2CN[C@@H](C)CCc2ccccc2)cc1. The van der Waals surface area contributed by atoms with Gasteiger partial charge in [0.25, 0.3) is 5.91 Å². The van der Waals surface area contributed by atoms with Crippen LogP contribution in [-0.4, -0.2) is 18.6 Å². The summed E-state index contributed by atoms with van der Waals surface area (Å²) in [6, 6.07) is 31.0. The highest BCUT2D eigenvalue weighted by atomic mass is 16.5. The molecular weight excluding hydrogens is 420 g/mol. The summed E-state index contributed by atoms with van der Waals surface area (Å²) in [7, 11) is 0. The molecule has 1 atom stereocenters. The fourth-order valence-corrected chi connectivity index (χ4v) is 4.02. The minimum Gasteiger partial charge on any atom is -0.483 e. The highest BCUT2D eigenvalue weighted by Gasteiger charge is 2.12. The number of amides is 1. The molecule has 0 heterocycles. The third-order valence-electron chi connectivity index (χ3n) is 6.03. The van der Waals surface area contributed by atoms with Gasteiger partial charge < -0.3 is 15.4 Å². The molecule has 0 aliphatic rings. The van der Waals surface area contributed by atoms with Gasteiger partial charge in [0.1, 0.15) is 5.75 Å². The molecule has 0 saturated carbocycles. The van der Waals surface area contributed by atoms with Crippen molar-refractivity contribution in [2.45, 2.75) is 39.3 Å². The van der Waals surface area contributed by atoms with Crippen LogP contribution in [0.2, 0.25) is 0 Å². The molecule has 34 heavy (non-hydrogen) atoms. The van der Waals surface area contributed by atoms with Gasteiger partial charge in [-0.15, -0.1) is 0 Å². The van der Waals surface area contributed by atoms with Crippen molar-refractivity contribution in [3.05, 3.63) is 108 Å². The molecule has 0 aliphatic heterocycles. The molecule has 174 valence electrons. The van der Waals surface area contributed by atoms with Crippen LogP contribution in [0, 0.1) is 6.92 Å². The lowest BCUT2D eigenvalue weighted by Gasteiger charge is -2.18. The maximum Gasteiger partial charge on any atom is 0.262 e. The maximum atomic E-state index is 12.5. The number of anilines is 1. The Balaban J connectivity index is 1.41. The van der Waals surface area contributed by atoms with Crippen molar-refractivity contribution in [1.29, 1.82) is 0 Å². The molecule has 0 aromatic heterocycles. The average molecular weight is 453 g/mol. The van der Waals surface area contributed by atoms with E-state index in [1.165, 1.54) is 5.56 Å². The van der Waals surface area contributed by atoms with E-state index >= 15 is 0 Å². The first kappa shape index (κ1) is 23.5. The number of fused-ring (bicyclic) bond motifs is 1. The highest BCUT2D eigenvalue weighted by molar-refractivity contribution is 5.92. The molecule has 4 heteroatoms. The van der Waals surface area contributed by atoms with Gasteiger partial charge in [0.2, 0.25) is 0 Å². The first-order valence-electron chi connectivity index (χ1n) is 11.9. The fraction of sp³-hybridized carbons (Fsp3) is 0.233. The largest absolute Gasteiger partial charge is 0.483 e. The maximum absolute atomic E-state index is 12.5. The number of nitrogens with one attached hydrogen (secondary N) is 2. The van der Waals surface area contributed by atoms with Crippen molar-refractivity contribution in [1.82, 2.24) is 5.32 Å². The molecule has 0 spiro atoms. The topological polar surface area (TPSA) is 50.4 Å². The van der Waals surface area contributed by atoms with Crippen LogP contribution in [0.1, 0.15) is 30.0 Å². The van der Waals surface area contributed by atoms with Gasteiger partial charge in [-0.3, -0.25) is 4.79 Å². The summed E-state index contributed by atoms with van der Waals surface area (Å²) in [5.41, 5.74) is 4.35. The van der Waals surface area contributed by atoms with Gasteiger partial charge >= 0.3 is 0 Å². The molecule has 0 aliphatic carbocycles. The number of rotatable bonds is 10. The minimum absolute atomic E-state index is 0.0389. The molecular formula is C30H32N2O2. The van der Waals surface area contributed by atoms with Crippen LogP contribution in [0.5, 0.6) is 5.75 Å². The van der Waals surface area contributed by atoms with E-state index in [0.29, 0.717) is 12.6 Å². The fourth-order valence-electron chi connectivity index (χ4n) is 4.02. The summed E-state index contributed by atoms with van der Waals surface area (Å²) >= 11 is 0. The number of benzene rings is 4. The van der Waals surface area contributed by atoms with Crippen LogP contribution < -0.4 is 15.4 Å². The lowest BCUT2D eigenvalue weighted by atomic mass is 10.0. The van der Waals surface area contributed by atoms with Crippen molar-refractivity contribution in [2.75, 3.05) is 11.9 Å². The molecule has 2 N–H and O–H groups in total. The summed E-state index contributed by atoms with van der Waals surface area (Å²) in [4.78, 5) is 12.5. The van der Waals surface area contributed by atoms with Crippen molar-refractivity contribution in [3.63, 3.8) is 0 Å². The van der Waals surface area contributed by atoms with Gasteiger partial charge in [0.05, 0.1) is 0 Å². The van der Waals surface area contributed by atoms with E-state index in [4.69, 9.17) is 4.74 Å². The van der Waals surface area contributed by atoms with Gasteiger partial charge in [-0.25, -0.2) is 0 Å². The molecule has 4 aromatic rings. The van der Waals surface area contributed by atoms with E-state index in [9.17, 15) is 4.79 Å². The van der Waals surface area contributed by atoms with Gasteiger partial charge in [0.15, 0.2) is 6.61 Å². The zero-order valence-electron chi connectivity index (χ0n) is 19.9. The molecule has 4 aromatic carbocycles. The number of carbonyl (C=O) groups excluding carboxylic acids is 1. The molecule has 0 saturated heterocycles.